The van der Waals surface area contributed by atoms with Crippen LogP contribution in [0.15, 0.2) is 6.20 Å². The van der Waals surface area contributed by atoms with Crippen LogP contribution in [0.5, 0.6) is 0 Å². The molecule has 21 heavy (non-hydrogen) atoms. The van der Waals surface area contributed by atoms with E-state index in [9.17, 15) is 0 Å². The van der Waals surface area contributed by atoms with Crippen LogP contribution >= 0.6 is 0 Å². The summed E-state index contributed by atoms with van der Waals surface area (Å²) in [5.74, 6) is 1.52. The quantitative estimate of drug-likeness (QED) is 0.791. The van der Waals surface area contributed by atoms with E-state index in [0.29, 0.717) is 6.54 Å². The van der Waals surface area contributed by atoms with E-state index >= 15 is 0 Å². The van der Waals surface area contributed by atoms with Gasteiger partial charge in [0.2, 0.25) is 0 Å². The third kappa shape index (κ3) is 2.14. The molecule has 3 aromatic heterocycles. The van der Waals surface area contributed by atoms with Crippen molar-refractivity contribution in [2.45, 2.75) is 27.3 Å². The predicted octanol–water partition coefficient (Wildman–Crippen LogP) is 1.58. The van der Waals surface area contributed by atoms with Crippen LogP contribution < -0.4 is 5.32 Å². The van der Waals surface area contributed by atoms with Crippen LogP contribution in [0, 0.1) is 20.8 Å². The van der Waals surface area contributed by atoms with Gasteiger partial charge >= 0.3 is 0 Å². The maximum Gasteiger partial charge on any atom is 0.163 e. The van der Waals surface area contributed by atoms with E-state index in [2.05, 4.69) is 39.3 Å². The summed E-state index contributed by atoms with van der Waals surface area (Å²) in [6, 6.07) is 0. The highest BCUT2D eigenvalue weighted by Gasteiger charge is 2.13. The third-order valence-corrected chi connectivity index (χ3v) is 3.91. The fourth-order valence-corrected chi connectivity index (χ4v) is 2.40. The lowest BCUT2D eigenvalue weighted by atomic mass is 10.2. The van der Waals surface area contributed by atoms with Crippen molar-refractivity contribution < 1.29 is 0 Å². The first-order valence-corrected chi connectivity index (χ1v) is 6.88. The number of aryl methyl sites for hydroxylation is 2. The average Bonchev–Trinajstić information content (AvgIpc) is 2.95. The van der Waals surface area contributed by atoms with Crippen LogP contribution in [0.3, 0.4) is 0 Å². The number of nitrogens with one attached hydrogen (secondary N) is 1. The minimum absolute atomic E-state index is 0.552. The smallest absolute Gasteiger partial charge is 0.163 e. The molecule has 1 N–H and O–H groups in total. The van der Waals surface area contributed by atoms with Crippen molar-refractivity contribution in [1.82, 2.24) is 29.5 Å². The third-order valence-electron chi connectivity index (χ3n) is 3.91. The normalized spacial score (nSPS) is 11.3. The zero-order chi connectivity index (χ0) is 15.1. The molecule has 3 aromatic rings. The van der Waals surface area contributed by atoms with Crippen molar-refractivity contribution in [2.24, 2.45) is 7.05 Å². The van der Waals surface area contributed by atoms with Crippen LogP contribution in [0.2, 0.25) is 0 Å². The zero-order valence-corrected chi connectivity index (χ0v) is 13.0. The largest absolute Gasteiger partial charge is 0.372 e. The predicted molar refractivity (Wildman–Crippen MR) is 81.4 cm³/mol. The van der Waals surface area contributed by atoms with Crippen LogP contribution in [0.4, 0.5) is 5.82 Å². The molecule has 7 heteroatoms. The van der Waals surface area contributed by atoms with Gasteiger partial charge in [0.15, 0.2) is 11.5 Å². The molecule has 110 valence electrons. The lowest BCUT2D eigenvalue weighted by Crippen LogP contribution is -2.10. The Labute approximate surface area is 123 Å². The number of aromatic nitrogens is 6. The summed E-state index contributed by atoms with van der Waals surface area (Å²) >= 11 is 0. The van der Waals surface area contributed by atoms with E-state index in [1.807, 2.05) is 25.7 Å². The Bertz CT molecular complexity index is 812. The Hall–Kier alpha value is -2.44. The number of hydrogen-bond acceptors (Lipinski definition) is 5. The molecule has 0 bridgehead atoms. The van der Waals surface area contributed by atoms with Crippen LogP contribution in [0.1, 0.15) is 22.8 Å². The van der Waals surface area contributed by atoms with Gasteiger partial charge in [0, 0.05) is 19.8 Å². The Kier molecular flexibility index (Phi) is 3.12. The lowest BCUT2D eigenvalue weighted by molar-refractivity contribution is 0.632. The zero-order valence-electron chi connectivity index (χ0n) is 13.0. The highest BCUT2D eigenvalue weighted by molar-refractivity contribution is 5.86. The van der Waals surface area contributed by atoms with E-state index in [1.165, 1.54) is 5.56 Å². The minimum atomic E-state index is 0.552. The Morgan fingerprint density at radius 3 is 2.57 bits per heavy atom. The van der Waals surface area contributed by atoms with Crippen molar-refractivity contribution >= 4 is 16.9 Å². The fraction of sp³-hybridized carbons (Fsp3) is 0.429. The van der Waals surface area contributed by atoms with Crippen LogP contribution in [0.25, 0.3) is 11.0 Å². The van der Waals surface area contributed by atoms with E-state index in [0.717, 1.165) is 34.1 Å². The molecule has 0 aliphatic heterocycles. The van der Waals surface area contributed by atoms with Crippen molar-refractivity contribution in [3.05, 3.63) is 29.0 Å². The summed E-state index contributed by atoms with van der Waals surface area (Å²) in [7, 11) is 3.73. The molecule has 0 saturated heterocycles. The average molecular weight is 285 g/mol. The maximum absolute atomic E-state index is 4.61. The van der Waals surface area contributed by atoms with Gasteiger partial charge in [0.25, 0.3) is 0 Å². The van der Waals surface area contributed by atoms with E-state index in [-0.39, 0.29) is 0 Å². The monoisotopic (exact) mass is 285 g/mol. The van der Waals surface area contributed by atoms with Gasteiger partial charge in [-0.15, -0.1) is 0 Å². The molecule has 0 aliphatic rings. The molecule has 0 radical (unpaired) electrons. The summed E-state index contributed by atoms with van der Waals surface area (Å²) in [6.07, 6.45) is 1.78. The molecule has 7 nitrogen and oxygen atoms in total. The number of fused-ring (bicyclic) bond motifs is 1. The molecule has 0 spiro atoms. The molecule has 0 amide bonds. The van der Waals surface area contributed by atoms with Gasteiger partial charge < -0.3 is 5.32 Å². The van der Waals surface area contributed by atoms with E-state index in [4.69, 9.17) is 0 Å². The van der Waals surface area contributed by atoms with Crippen LogP contribution in [-0.2, 0) is 13.6 Å². The second-order valence-corrected chi connectivity index (χ2v) is 5.20. The molecule has 3 rings (SSSR count). The maximum atomic E-state index is 4.61. The standard InChI is InChI=1S/C14H19N7/c1-8-9(2)19-21(10(8)3)7-12-17-13(15-4)11-6-16-20(5)14(11)18-12/h6H,7H2,1-5H3,(H,15,17,18). The number of nitrogens with zero attached hydrogens (tertiary/aromatic N) is 6. The van der Waals surface area contributed by atoms with Gasteiger partial charge in [0.1, 0.15) is 12.4 Å². The van der Waals surface area contributed by atoms with Crippen LogP contribution in [-0.4, -0.2) is 36.6 Å². The van der Waals surface area contributed by atoms with Crippen molar-refractivity contribution in [3.63, 3.8) is 0 Å². The summed E-state index contributed by atoms with van der Waals surface area (Å²) < 4.78 is 3.70. The van der Waals surface area contributed by atoms with Crippen molar-refractivity contribution in [3.8, 4) is 0 Å². The molecule has 0 fully saturated rings. The number of anilines is 1. The Balaban J connectivity index is 2.08. The van der Waals surface area contributed by atoms with E-state index < -0.39 is 0 Å². The van der Waals surface area contributed by atoms with Gasteiger partial charge in [-0.25, -0.2) is 9.97 Å². The summed E-state index contributed by atoms with van der Waals surface area (Å²) in [6.45, 7) is 6.72. The minimum Gasteiger partial charge on any atom is -0.372 e. The molecule has 0 saturated carbocycles. The SMILES string of the molecule is CNc1nc(Cn2nc(C)c(C)c2C)nc2c1cnn2C. The van der Waals surface area contributed by atoms with Gasteiger partial charge in [-0.05, 0) is 26.3 Å². The Morgan fingerprint density at radius 1 is 1.19 bits per heavy atom. The summed E-state index contributed by atoms with van der Waals surface area (Å²) in [4.78, 5) is 9.18. The summed E-state index contributed by atoms with van der Waals surface area (Å²) in [5, 5.41) is 12.8. The molecule has 3 heterocycles. The van der Waals surface area contributed by atoms with Crippen molar-refractivity contribution in [2.75, 3.05) is 12.4 Å². The molecule has 0 aromatic carbocycles. The van der Waals surface area contributed by atoms with Gasteiger partial charge in [-0.1, -0.05) is 0 Å². The first-order valence-electron chi connectivity index (χ1n) is 6.88. The molecule has 0 aliphatic carbocycles. The second kappa shape index (κ2) is 4.83. The topological polar surface area (TPSA) is 73.5 Å². The molecular formula is C14H19N7. The van der Waals surface area contributed by atoms with E-state index in [1.54, 1.807) is 10.9 Å². The molecule has 0 atom stereocenters. The first kappa shape index (κ1) is 13.5. The Morgan fingerprint density at radius 2 is 1.95 bits per heavy atom. The molecular weight excluding hydrogens is 266 g/mol. The lowest BCUT2D eigenvalue weighted by Gasteiger charge is -2.07. The van der Waals surface area contributed by atoms with Gasteiger partial charge in [-0.3, -0.25) is 9.36 Å². The van der Waals surface area contributed by atoms with Gasteiger partial charge in [-0.2, -0.15) is 10.2 Å². The number of rotatable bonds is 3. The highest BCUT2D eigenvalue weighted by atomic mass is 15.3. The fourth-order valence-electron chi connectivity index (χ4n) is 2.40. The first-order chi connectivity index (χ1) is 10.0. The second-order valence-electron chi connectivity index (χ2n) is 5.20. The van der Waals surface area contributed by atoms with Gasteiger partial charge in [0.05, 0.1) is 17.3 Å². The highest BCUT2D eigenvalue weighted by Crippen LogP contribution is 2.20. The molecule has 0 unspecified atom stereocenters. The summed E-state index contributed by atoms with van der Waals surface area (Å²) in [5.41, 5.74) is 4.23. The van der Waals surface area contributed by atoms with Crippen molar-refractivity contribution in [1.29, 1.82) is 0 Å². The number of hydrogen-bond donors (Lipinski definition) is 1.